The van der Waals surface area contributed by atoms with E-state index in [1.54, 1.807) is 25.2 Å². The van der Waals surface area contributed by atoms with Gasteiger partial charge in [0.2, 0.25) is 5.91 Å². The number of carbonyl (C=O) groups is 2. The highest BCUT2D eigenvalue weighted by Crippen LogP contribution is 2.03. The van der Waals surface area contributed by atoms with Crippen LogP contribution in [0.25, 0.3) is 0 Å². The fraction of sp³-hybridized carbons (Fsp3) is 0.417. The SMILES string of the molecule is CCNC(=O)CCNC(=O)c1cccc(NC)n1. The molecule has 0 atom stereocenters. The van der Waals surface area contributed by atoms with Crippen molar-refractivity contribution in [3.8, 4) is 0 Å². The van der Waals surface area contributed by atoms with Crippen LogP contribution in [0.3, 0.4) is 0 Å². The molecule has 1 rings (SSSR count). The molecule has 3 N–H and O–H groups in total. The number of hydrogen-bond donors (Lipinski definition) is 3. The van der Waals surface area contributed by atoms with Gasteiger partial charge in [0.25, 0.3) is 5.91 Å². The molecule has 1 heterocycles. The van der Waals surface area contributed by atoms with Crippen LogP contribution in [0, 0.1) is 0 Å². The van der Waals surface area contributed by atoms with Crippen LogP contribution >= 0.6 is 0 Å². The first kappa shape index (κ1) is 14.0. The minimum Gasteiger partial charge on any atom is -0.373 e. The zero-order valence-electron chi connectivity index (χ0n) is 10.6. The van der Waals surface area contributed by atoms with E-state index in [2.05, 4.69) is 20.9 Å². The highest BCUT2D eigenvalue weighted by molar-refractivity contribution is 5.92. The van der Waals surface area contributed by atoms with Crippen LogP contribution in [0.4, 0.5) is 5.82 Å². The largest absolute Gasteiger partial charge is 0.373 e. The predicted octanol–water partition coefficient (Wildman–Crippen LogP) is 0.379. The molecule has 98 valence electrons. The van der Waals surface area contributed by atoms with Gasteiger partial charge in [-0.1, -0.05) is 6.07 Å². The number of aromatic nitrogens is 1. The van der Waals surface area contributed by atoms with Crippen molar-refractivity contribution in [2.24, 2.45) is 0 Å². The molecule has 1 aromatic rings. The van der Waals surface area contributed by atoms with Crippen LogP contribution in [0.5, 0.6) is 0 Å². The van der Waals surface area contributed by atoms with E-state index in [1.165, 1.54) is 0 Å². The molecule has 0 aromatic carbocycles. The number of nitrogens with one attached hydrogen (secondary N) is 3. The molecular weight excluding hydrogens is 232 g/mol. The first-order valence-electron chi connectivity index (χ1n) is 5.87. The average Bonchev–Trinajstić information content (AvgIpc) is 2.39. The molecular formula is C12H18N4O2. The topological polar surface area (TPSA) is 83.1 Å². The molecule has 0 aliphatic heterocycles. The lowest BCUT2D eigenvalue weighted by Gasteiger charge is -2.06. The van der Waals surface area contributed by atoms with Crippen molar-refractivity contribution in [2.75, 3.05) is 25.5 Å². The predicted molar refractivity (Wildman–Crippen MR) is 69.4 cm³/mol. The highest BCUT2D eigenvalue weighted by Gasteiger charge is 2.07. The van der Waals surface area contributed by atoms with Crippen LogP contribution in [0.1, 0.15) is 23.8 Å². The number of rotatable bonds is 6. The minimum atomic E-state index is -0.281. The van der Waals surface area contributed by atoms with Crippen LogP contribution < -0.4 is 16.0 Å². The zero-order chi connectivity index (χ0) is 13.4. The Bertz CT molecular complexity index is 420. The summed E-state index contributed by atoms with van der Waals surface area (Å²) in [5.74, 6) is 0.275. The third-order valence-corrected chi connectivity index (χ3v) is 2.25. The number of amides is 2. The molecule has 6 nitrogen and oxygen atoms in total. The Balaban J connectivity index is 2.42. The van der Waals surface area contributed by atoms with E-state index in [4.69, 9.17) is 0 Å². The zero-order valence-corrected chi connectivity index (χ0v) is 10.6. The van der Waals surface area contributed by atoms with Gasteiger partial charge in [-0.2, -0.15) is 0 Å². The summed E-state index contributed by atoms with van der Waals surface area (Å²) in [7, 11) is 1.74. The quantitative estimate of drug-likeness (QED) is 0.681. The molecule has 0 bridgehead atoms. The number of carbonyl (C=O) groups excluding carboxylic acids is 2. The lowest BCUT2D eigenvalue weighted by molar-refractivity contribution is -0.120. The van der Waals surface area contributed by atoms with Crippen LogP contribution in [-0.2, 0) is 4.79 Å². The molecule has 0 aliphatic carbocycles. The highest BCUT2D eigenvalue weighted by atomic mass is 16.2. The number of nitrogens with zero attached hydrogens (tertiary/aromatic N) is 1. The van der Waals surface area contributed by atoms with Gasteiger partial charge in [-0.25, -0.2) is 4.98 Å². The summed E-state index contributed by atoms with van der Waals surface area (Å²) >= 11 is 0. The summed E-state index contributed by atoms with van der Waals surface area (Å²) in [6.45, 7) is 2.75. The van der Waals surface area contributed by atoms with Crippen molar-refractivity contribution in [2.45, 2.75) is 13.3 Å². The van der Waals surface area contributed by atoms with E-state index in [-0.39, 0.29) is 18.2 Å². The maximum absolute atomic E-state index is 11.7. The van der Waals surface area contributed by atoms with Crippen LogP contribution in [0.15, 0.2) is 18.2 Å². The monoisotopic (exact) mass is 250 g/mol. The minimum absolute atomic E-state index is 0.0743. The van der Waals surface area contributed by atoms with Gasteiger partial charge < -0.3 is 16.0 Å². The average molecular weight is 250 g/mol. The Morgan fingerprint density at radius 2 is 2.06 bits per heavy atom. The van der Waals surface area contributed by atoms with Gasteiger partial charge >= 0.3 is 0 Å². The van der Waals surface area contributed by atoms with Gasteiger partial charge in [0.15, 0.2) is 0 Å². The third kappa shape index (κ3) is 4.40. The van der Waals surface area contributed by atoms with Gasteiger partial charge in [-0.05, 0) is 19.1 Å². The first-order valence-corrected chi connectivity index (χ1v) is 5.87. The van der Waals surface area contributed by atoms with Gasteiger partial charge in [-0.3, -0.25) is 9.59 Å². The first-order chi connectivity index (χ1) is 8.67. The van der Waals surface area contributed by atoms with Gasteiger partial charge in [0, 0.05) is 26.6 Å². The number of pyridine rings is 1. The Labute approximate surface area is 106 Å². The fourth-order valence-electron chi connectivity index (χ4n) is 1.37. The van der Waals surface area contributed by atoms with Crippen LogP contribution in [-0.4, -0.2) is 36.9 Å². The van der Waals surface area contributed by atoms with E-state index < -0.39 is 0 Å². The molecule has 0 unspecified atom stereocenters. The van der Waals surface area contributed by atoms with Gasteiger partial charge in [-0.15, -0.1) is 0 Å². The van der Waals surface area contributed by atoms with E-state index in [9.17, 15) is 9.59 Å². The molecule has 0 saturated carbocycles. The Kier molecular flexibility index (Phi) is 5.63. The molecule has 0 fully saturated rings. The van der Waals surface area contributed by atoms with Gasteiger partial charge in [0.1, 0.15) is 11.5 Å². The van der Waals surface area contributed by atoms with Crippen molar-refractivity contribution in [3.63, 3.8) is 0 Å². The van der Waals surface area contributed by atoms with Crippen molar-refractivity contribution in [1.82, 2.24) is 15.6 Å². The second kappa shape index (κ2) is 7.26. The molecule has 0 aliphatic rings. The fourth-order valence-corrected chi connectivity index (χ4v) is 1.37. The van der Waals surface area contributed by atoms with E-state index in [0.29, 0.717) is 24.6 Å². The smallest absolute Gasteiger partial charge is 0.269 e. The summed E-state index contributed by atoms with van der Waals surface area (Å²) in [6.07, 6.45) is 0.269. The molecule has 0 saturated heterocycles. The van der Waals surface area contributed by atoms with Crippen molar-refractivity contribution in [3.05, 3.63) is 23.9 Å². The summed E-state index contributed by atoms with van der Waals surface area (Å²) in [6, 6.07) is 5.14. The second-order valence-electron chi connectivity index (χ2n) is 3.62. The van der Waals surface area contributed by atoms with E-state index in [1.807, 2.05) is 6.92 Å². The van der Waals surface area contributed by atoms with Crippen LogP contribution in [0.2, 0.25) is 0 Å². The van der Waals surface area contributed by atoms with Crippen molar-refractivity contribution < 1.29 is 9.59 Å². The van der Waals surface area contributed by atoms with E-state index in [0.717, 1.165) is 0 Å². The summed E-state index contributed by atoms with van der Waals surface area (Å²) in [5.41, 5.74) is 0.331. The van der Waals surface area contributed by atoms with Crippen molar-refractivity contribution >= 4 is 17.6 Å². The maximum Gasteiger partial charge on any atom is 0.269 e. The molecule has 1 aromatic heterocycles. The molecule has 2 amide bonds. The lowest BCUT2D eigenvalue weighted by atomic mass is 10.3. The number of anilines is 1. The standard InChI is InChI=1S/C12H18N4O2/c1-3-14-11(17)7-8-15-12(18)9-5-4-6-10(13-2)16-9/h4-6H,3,7-8H2,1-2H3,(H,13,16)(H,14,17)(H,15,18). The van der Waals surface area contributed by atoms with Crippen molar-refractivity contribution in [1.29, 1.82) is 0 Å². The molecule has 0 spiro atoms. The molecule has 18 heavy (non-hydrogen) atoms. The normalized spacial score (nSPS) is 9.67. The van der Waals surface area contributed by atoms with Gasteiger partial charge in [0.05, 0.1) is 0 Å². The Morgan fingerprint density at radius 1 is 1.28 bits per heavy atom. The molecule has 6 heteroatoms. The second-order valence-corrected chi connectivity index (χ2v) is 3.62. The summed E-state index contributed by atoms with van der Waals surface area (Å²) < 4.78 is 0. The summed E-state index contributed by atoms with van der Waals surface area (Å²) in [5, 5.41) is 8.17. The Hall–Kier alpha value is -2.11. The van der Waals surface area contributed by atoms with E-state index >= 15 is 0 Å². The third-order valence-electron chi connectivity index (χ3n) is 2.25. The maximum atomic E-state index is 11.7. The molecule has 0 radical (unpaired) electrons. The lowest BCUT2D eigenvalue weighted by Crippen LogP contribution is -2.31. The Morgan fingerprint density at radius 3 is 2.72 bits per heavy atom. The number of hydrogen-bond acceptors (Lipinski definition) is 4. The summed E-state index contributed by atoms with van der Waals surface area (Å²) in [4.78, 5) is 27.0.